The standard InChI is InChI=1S/C42H35BN2O2S/c1-41(2)42(3,4)47-43(46-41)28-18-24-34-33-14-8-10-16-37(33)45(38(34)26-28)31-21-19-30(20-22-31)44(29-12-6-5-7-13-29)32-23-25-40-36(27-32)35-15-9-11-17-39(35)48-40/h5-27H,1-4H3. The van der Waals surface area contributed by atoms with Crippen molar-refractivity contribution in [1.29, 1.82) is 0 Å². The highest BCUT2D eigenvalue weighted by molar-refractivity contribution is 7.25. The van der Waals surface area contributed by atoms with Crippen LogP contribution in [0.15, 0.2) is 140 Å². The number of para-hydroxylation sites is 2. The fourth-order valence-corrected chi connectivity index (χ4v) is 8.11. The number of hydrogen-bond acceptors (Lipinski definition) is 4. The van der Waals surface area contributed by atoms with E-state index >= 15 is 0 Å². The van der Waals surface area contributed by atoms with E-state index in [-0.39, 0.29) is 0 Å². The maximum Gasteiger partial charge on any atom is 0.494 e. The van der Waals surface area contributed by atoms with Crippen LogP contribution < -0.4 is 10.4 Å². The third kappa shape index (κ3) is 4.59. The summed E-state index contributed by atoms with van der Waals surface area (Å²) in [5, 5.41) is 5.01. The maximum absolute atomic E-state index is 6.45. The zero-order valence-corrected chi connectivity index (χ0v) is 28.3. The van der Waals surface area contributed by atoms with E-state index in [1.165, 1.54) is 36.5 Å². The molecule has 0 unspecified atom stereocenters. The molecule has 0 aliphatic carbocycles. The third-order valence-electron chi connectivity index (χ3n) is 10.2. The molecule has 0 bridgehead atoms. The van der Waals surface area contributed by atoms with Gasteiger partial charge >= 0.3 is 7.12 Å². The van der Waals surface area contributed by atoms with Crippen molar-refractivity contribution in [2.45, 2.75) is 38.9 Å². The maximum atomic E-state index is 6.45. The predicted octanol–water partition coefficient (Wildman–Crippen LogP) is 10.9. The highest BCUT2D eigenvalue weighted by Crippen LogP contribution is 2.41. The first-order chi connectivity index (χ1) is 23.3. The molecule has 3 heterocycles. The molecule has 1 aliphatic rings. The molecule has 1 fully saturated rings. The molecule has 0 radical (unpaired) electrons. The second-order valence-electron chi connectivity index (χ2n) is 13.7. The smallest absolute Gasteiger partial charge is 0.399 e. The Morgan fingerprint density at radius 2 is 1.12 bits per heavy atom. The molecule has 2 aromatic heterocycles. The second kappa shape index (κ2) is 10.8. The van der Waals surface area contributed by atoms with Gasteiger partial charge in [-0.25, -0.2) is 0 Å². The van der Waals surface area contributed by atoms with Crippen molar-refractivity contribution in [2.75, 3.05) is 4.90 Å². The van der Waals surface area contributed by atoms with Crippen molar-refractivity contribution < 1.29 is 9.31 Å². The molecule has 6 aromatic carbocycles. The lowest BCUT2D eigenvalue weighted by atomic mass is 9.79. The minimum Gasteiger partial charge on any atom is -0.399 e. The van der Waals surface area contributed by atoms with Gasteiger partial charge in [0.1, 0.15) is 0 Å². The third-order valence-corrected chi connectivity index (χ3v) is 11.4. The van der Waals surface area contributed by atoms with E-state index in [1.807, 2.05) is 11.3 Å². The van der Waals surface area contributed by atoms with Crippen molar-refractivity contribution in [3.8, 4) is 5.69 Å². The van der Waals surface area contributed by atoms with Crippen LogP contribution in [-0.2, 0) is 9.31 Å². The molecule has 234 valence electrons. The number of benzene rings is 6. The van der Waals surface area contributed by atoms with E-state index < -0.39 is 18.3 Å². The Morgan fingerprint density at radius 3 is 1.90 bits per heavy atom. The summed E-state index contributed by atoms with van der Waals surface area (Å²) in [6.45, 7) is 8.40. The van der Waals surface area contributed by atoms with Gasteiger partial charge in [0, 0.05) is 53.7 Å². The summed E-state index contributed by atoms with van der Waals surface area (Å²) >= 11 is 1.85. The quantitative estimate of drug-likeness (QED) is 0.175. The zero-order valence-electron chi connectivity index (χ0n) is 27.5. The van der Waals surface area contributed by atoms with Gasteiger partial charge in [-0.15, -0.1) is 11.3 Å². The van der Waals surface area contributed by atoms with E-state index in [2.05, 4.69) is 177 Å². The van der Waals surface area contributed by atoms with Crippen LogP contribution in [0.5, 0.6) is 0 Å². The van der Waals surface area contributed by atoms with Crippen LogP contribution in [0.2, 0.25) is 0 Å². The molecule has 1 saturated heterocycles. The van der Waals surface area contributed by atoms with Gasteiger partial charge in [-0.1, -0.05) is 66.7 Å². The average Bonchev–Trinajstić information content (AvgIpc) is 3.71. The average molecular weight is 643 g/mol. The fraction of sp³-hybridized carbons (Fsp3) is 0.143. The highest BCUT2D eigenvalue weighted by Gasteiger charge is 2.51. The monoisotopic (exact) mass is 642 g/mol. The predicted molar refractivity (Wildman–Crippen MR) is 204 cm³/mol. The van der Waals surface area contributed by atoms with Crippen LogP contribution in [0, 0.1) is 0 Å². The van der Waals surface area contributed by atoms with Crippen LogP contribution in [0.25, 0.3) is 47.7 Å². The summed E-state index contributed by atoms with van der Waals surface area (Å²) < 4.78 is 17.9. The van der Waals surface area contributed by atoms with Crippen LogP contribution in [0.4, 0.5) is 17.1 Å². The molecule has 4 nitrogen and oxygen atoms in total. The molecule has 0 saturated carbocycles. The number of hydrogen-bond donors (Lipinski definition) is 0. The summed E-state index contributed by atoms with van der Waals surface area (Å²) in [6, 6.07) is 50.3. The summed E-state index contributed by atoms with van der Waals surface area (Å²) in [5.74, 6) is 0. The van der Waals surface area contributed by atoms with Crippen LogP contribution in [0.3, 0.4) is 0 Å². The van der Waals surface area contributed by atoms with Gasteiger partial charge in [-0.3, -0.25) is 0 Å². The largest absolute Gasteiger partial charge is 0.494 e. The SMILES string of the molecule is CC1(C)OB(c2ccc3c4ccccc4n(-c4ccc(N(c5ccccc5)c5ccc6sc7ccccc7c6c5)cc4)c3c2)OC1(C)C. The van der Waals surface area contributed by atoms with Crippen LogP contribution in [0.1, 0.15) is 27.7 Å². The molecule has 0 amide bonds. The van der Waals surface area contributed by atoms with Gasteiger partial charge < -0.3 is 18.8 Å². The van der Waals surface area contributed by atoms with Crippen molar-refractivity contribution in [3.63, 3.8) is 0 Å². The second-order valence-corrected chi connectivity index (χ2v) is 14.8. The van der Waals surface area contributed by atoms with Gasteiger partial charge in [0.2, 0.25) is 0 Å². The summed E-state index contributed by atoms with van der Waals surface area (Å²) in [7, 11) is -0.426. The molecule has 9 rings (SSSR count). The lowest BCUT2D eigenvalue weighted by molar-refractivity contribution is 0.00578. The number of rotatable bonds is 5. The first kappa shape index (κ1) is 29.3. The molecule has 6 heteroatoms. The molecular formula is C42H35BN2O2S. The Morgan fingerprint density at radius 1 is 0.521 bits per heavy atom. The Balaban J connectivity index is 1.17. The van der Waals surface area contributed by atoms with E-state index in [1.54, 1.807) is 0 Å². The van der Waals surface area contributed by atoms with Crippen molar-refractivity contribution >= 4 is 83.0 Å². The number of aromatic nitrogens is 1. The molecule has 8 aromatic rings. The Labute approximate surface area is 284 Å². The summed E-state index contributed by atoms with van der Waals surface area (Å²) in [5.41, 5.74) is 6.97. The van der Waals surface area contributed by atoms with E-state index in [0.717, 1.165) is 33.7 Å². The number of nitrogens with zero attached hydrogens (tertiary/aromatic N) is 2. The Hall–Kier alpha value is -4.88. The topological polar surface area (TPSA) is 26.6 Å². The lowest BCUT2D eigenvalue weighted by Crippen LogP contribution is -2.41. The van der Waals surface area contributed by atoms with E-state index in [9.17, 15) is 0 Å². The minimum absolute atomic E-state index is 0.402. The molecule has 0 spiro atoms. The Bertz CT molecular complexity index is 2460. The normalized spacial score (nSPS) is 15.6. The van der Waals surface area contributed by atoms with Gasteiger partial charge in [-0.2, -0.15) is 0 Å². The van der Waals surface area contributed by atoms with E-state index in [0.29, 0.717) is 0 Å². The van der Waals surface area contributed by atoms with Crippen molar-refractivity contribution in [2.24, 2.45) is 0 Å². The molecular weight excluding hydrogens is 607 g/mol. The van der Waals surface area contributed by atoms with Gasteiger partial charge in [0.15, 0.2) is 0 Å². The van der Waals surface area contributed by atoms with Gasteiger partial charge in [0.25, 0.3) is 0 Å². The first-order valence-corrected chi connectivity index (χ1v) is 17.3. The van der Waals surface area contributed by atoms with Crippen LogP contribution in [-0.4, -0.2) is 22.9 Å². The van der Waals surface area contributed by atoms with E-state index in [4.69, 9.17) is 9.31 Å². The van der Waals surface area contributed by atoms with Crippen molar-refractivity contribution in [1.82, 2.24) is 4.57 Å². The number of fused-ring (bicyclic) bond motifs is 6. The van der Waals surface area contributed by atoms with Gasteiger partial charge in [-0.05, 0) is 106 Å². The number of thiophene rings is 1. The summed E-state index contributed by atoms with van der Waals surface area (Å²) in [6.07, 6.45) is 0. The molecule has 1 aliphatic heterocycles. The molecule has 0 atom stereocenters. The lowest BCUT2D eigenvalue weighted by Gasteiger charge is -2.32. The molecule has 0 N–H and O–H groups in total. The zero-order chi connectivity index (χ0) is 32.6. The first-order valence-electron chi connectivity index (χ1n) is 16.5. The minimum atomic E-state index is -0.426. The van der Waals surface area contributed by atoms with Crippen LogP contribution >= 0.6 is 11.3 Å². The Kier molecular flexibility index (Phi) is 6.60. The number of anilines is 3. The highest BCUT2D eigenvalue weighted by atomic mass is 32.1. The van der Waals surface area contributed by atoms with Crippen molar-refractivity contribution in [3.05, 3.63) is 140 Å². The fourth-order valence-electron chi connectivity index (χ4n) is 7.02. The van der Waals surface area contributed by atoms with Gasteiger partial charge in [0.05, 0.1) is 22.2 Å². The summed E-state index contributed by atoms with van der Waals surface area (Å²) in [4.78, 5) is 2.35. The molecule has 48 heavy (non-hydrogen) atoms.